The Morgan fingerprint density at radius 3 is 2.50 bits per heavy atom. The predicted molar refractivity (Wildman–Crippen MR) is 81.1 cm³/mol. The van der Waals surface area contributed by atoms with Crippen molar-refractivity contribution >= 4 is 15.9 Å². The molecule has 0 unspecified atom stereocenters. The summed E-state index contributed by atoms with van der Waals surface area (Å²) in [4.78, 5) is 0. The van der Waals surface area contributed by atoms with E-state index in [9.17, 15) is 0 Å². The van der Waals surface area contributed by atoms with E-state index in [0.29, 0.717) is 6.10 Å². The first-order valence-corrected chi connectivity index (χ1v) is 7.66. The number of nitrogens with one attached hydrogen (secondary N) is 1. The molecule has 0 radical (unpaired) electrons. The van der Waals surface area contributed by atoms with Crippen LogP contribution in [0.2, 0.25) is 0 Å². The summed E-state index contributed by atoms with van der Waals surface area (Å²) < 4.78 is 7.00. The molecule has 0 atom stereocenters. The third-order valence-electron chi connectivity index (χ3n) is 2.96. The maximum absolute atomic E-state index is 5.96. The van der Waals surface area contributed by atoms with Crippen LogP contribution in [0.25, 0.3) is 0 Å². The molecule has 102 valence electrons. The van der Waals surface area contributed by atoms with Gasteiger partial charge in [0.15, 0.2) is 0 Å². The van der Waals surface area contributed by atoms with Crippen LogP contribution in [0, 0.1) is 0 Å². The van der Waals surface area contributed by atoms with Gasteiger partial charge in [0.05, 0.1) is 10.6 Å². The maximum atomic E-state index is 5.96. The Hall–Kier alpha value is -0.540. The molecule has 18 heavy (non-hydrogen) atoms. The van der Waals surface area contributed by atoms with Crippen LogP contribution in [-0.2, 0) is 6.54 Å². The molecule has 1 aromatic rings. The monoisotopic (exact) mass is 313 g/mol. The summed E-state index contributed by atoms with van der Waals surface area (Å²) in [6.45, 7) is 8.47. The van der Waals surface area contributed by atoms with Crippen molar-refractivity contribution in [2.45, 2.75) is 52.7 Å². The summed E-state index contributed by atoms with van der Waals surface area (Å²) in [6.07, 6.45) is 3.56. The van der Waals surface area contributed by atoms with E-state index in [0.717, 1.165) is 42.6 Å². The zero-order valence-corrected chi connectivity index (χ0v) is 13.2. The Bertz CT molecular complexity index is 350. The molecule has 3 heteroatoms. The smallest absolute Gasteiger partial charge is 0.133 e. The van der Waals surface area contributed by atoms with Crippen LogP contribution in [0.3, 0.4) is 0 Å². The van der Waals surface area contributed by atoms with Crippen LogP contribution in [0.5, 0.6) is 5.75 Å². The van der Waals surface area contributed by atoms with Gasteiger partial charge < -0.3 is 10.1 Å². The molecule has 0 bridgehead atoms. The van der Waals surface area contributed by atoms with Crippen LogP contribution in [0.15, 0.2) is 22.7 Å². The quantitative estimate of drug-likeness (QED) is 0.713. The van der Waals surface area contributed by atoms with Crippen LogP contribution in [0.1, 0.15) is 45.6 Å². The first-order chi connectivity index (χ1) is 8.71. The second-order valence-corrected chi connectivity index (χ2v) is 5.35. The zero-order valence-electron chi connectivity index (χ0n) is 11.6. The second-order valence-electron chi connectivity index (χ2n) is 4.50. The van der Waals surface area contributed by atoms with Gasteiger partial charge in [0.2, 0.25) is 0 Å². The van der Waals surface area contributed by atoms with E-state index in [1.807, 2.05) is 0 Å². The lowest BCUT2D eigenvalue weighted by Gasteiger charge is -2.17. The van der Waals surface area contributed by atoms with Crippen LogP contribution in [0.4, 0.5) is 0 Å². The topological polar surface area (TPSA) is 21.3 Å². The molecule has 1 rings (SSSR count). The Labute approximate surface area is 119 Å². The van der Waals surface area contributed by atoms with Crippen LogP contribution in [-0.4, -0.2) is 12.6 Å². The highest BCUT2D eigenvalue weighted by Gasteiger charge is 2.08. The summed E-state index contributed by atoms with van der Waals surface area (Å²) in [5.41, 5.74) is 1.28. The van der Waals surface area contributed by atoms with Gasteiger partial charge in [-0.1, -0.05) is 26.8 Å². The average molecular weight is 314 g/mol. The van der Waals surface area contributed by atoms with E-state index < -0.39 is 0 Å². The van der Waals surface area contributed by atoms with Crippen molar-refractivity contribution in [2.75, 3.05) is 6.54 Å². The van der Waals surface area contributed by atoms with Gasteiger partial charge in [0.25, 0.3) is 0 Å². The second kappa shape index (κ2) is 8.54. The van der Waals surface area contributed by atoms with E-state index in [2.05, 4.69) is 60.2 Å². The van der Waals surface area contributed by atoms with Crippen molar-refractivity contribution in [2.24, 2.45) is 0 Å². The van der Waals surface area contributed by atoms with Gasteiger partial charge in [-0.05, 0) is 59.4 Å². The van der Waals surface area contributed by atoms with Crippen molar-refractivity contribution in [3.05, 3.63) is 28.2 Å². The third-order valence-corrected chi connectivity index (χ3v) is 3.58. The van der Waals surface area contributed by atoms with Gasteiger partial charge in [-0.25, -0.2) is 0 Å². The Kier molecular flexibility index (Phi) is 7.36. The van der Waals surface area contributed by atoms with Crippen molar-refractivity contribution < 1.29 is 4.74 Å². The molecule has 0 saturated heterocycles. The zero-order chi connectivity index (χ0) is 13.4. The summed E-state index contributed by atoms with van der Waals surface area (Å²) in [5, 5.41) is 3.40. The molecule has 0 spiro atoms. The molecule has 0 aromatic heterocycles. The van der Waals surface area contributed by atoms with Gasteiger partial charge in [0, 0.05) is 6.54 Å². The lowest BCUT2D eigenvalue weighted by molar-refractivity contribution is 0.191. The van der Waals surface area contributed by atoms with Crippen LogP contribution >= 0.6 is 15.9 Å². The number of halogens is 1. The van der Waals surface area contributed by atoms with Gasteiger partial charge in [0.1, 0.15) is 5.75 Å². The Morgan fingerprint density at radius 2 is 1.94 bits per heavy atom. The molecule has 1 aromatic carbocycles. The summed E-state index contributed by atoms with van der Waals surface area (Å²) >= 11 is 3.59. The minimum Gasteiger partial charge on any atom is -0.489 e. The first-order valence-electron chi connectivity index (χ1n) is 6.87. The Morgan fingerprint density at radius 1 is 1.22 bits per heavy atom. The van der Waals surface area contributed by atoms with E-state index in [-0.39, 0.29) is 0 Å². The largest absolute Gasteiger partial charge is 0.489 e. The SMILES string of the molecule is CCCNCc1ccc(OC(CC)CC)c(Br)c1. The lowest BCUT2D eigenvalue weighted by Crippen LogP contribution is -2.15. The maximum Gasteiger partial charge on any atom is 0.133 e. The highest BCUT2D eigenvalue weighted by atomic mass is 79.9. The summed E-state index contributed by atoms with van der Waals surface area (Å²) in [5.74, 6) is 0.947. The van der Waals surface area contributed by atoms with E-state index in [4.69, 9.17) is 4.74 Å². The van der Waals surface area contributed by atoms with Gasteiger partial charge in [-0.15, -0.1) is 0 Å². The van der Waals surface area contributed by atoms with E-state index in [1.165, 1.54) is 5.56 Å². The van der Waals surface area contributed by atoms with Gasteiger partial charge >= 0.3 is 0 Å². The third kappa shape index (κ3) is 4.99. The van der Waals surface area contributed by atoms with Gasteiger partial charge in [-0.2, -0.15) is 0 Å². The molecule has 0 aliphatic rings. The minimum atomic E-state index is 0.311. The summed E-state index contributed by atoms with van der Waals surface area (Å²) in [7, 11) is 0. The molecule has 0 aliphatic carbocycles. The molecular formula is C15H24BrNO. The van der Waals surface area contributed by atoms with Crippen LogP contribution < -0.4 is 10.1 Å². The fraction of sp³-hybridized carbons (Fsp3) is 0.600. The number of hydrogen-bond acceptors (Lipinski definition) is 2. The highest BCUT2D eigenvalue weighted by Crippen LogP contribution is 2.27. The van der Waals surface area contributed by atoms with Crippen molar-refractivity contribution in [1.82, 2.24) is 5.32 Å². The lowest BCUT2D eigenvalue weighted by atomic mass is 10.2. The average Bonchev–Trinajstić information content (AvgIpc) is 2.38. The van der Waals surface area contributed by atoms with E-state index >= 15 is 0 Å². The van der Waals surface area contributed by atoms with Crippen molar-refractivity contribution in [3.63, 3.8) is 0 Å². The molecule has 1 N–H and O–H groups in total. The molecule has 2 nitrogen and oxygen atoms in total. The molecule has 0 aliphatic heterocycles. The fourth-order valence-corrected chi connectivity index (χ4v) is 2.31. The molecule has 0 heterocycles. The molecule has 0 fully saturated rings. The highest BCUT2D eigenvalue weighted by molar-refractivity contribution is 9.10. The molecule has 0 amide bonds. The minimum absolute atomic E-state index is 0.311. The summed E-state index contributed by atoms with van der Waals surface area (Å²) in [6, 6.07) is 6.33. The normalized spacial score (nSPS) is 10.9. The Balaban J connectivity index is 2.61. The molecule has 0 saturated carbocycles. The number of benzene rings is 1. The molecular weight excluding hydrogens is 290 g/mol. The standard InChI is InChI=1S/C15H24BrNO/c1-4-9-17-11-12-7-8-15(14(16)10-12)18-13(5-2)6-3/h7-8,10,13,17H,4-6,9,11H2,1-3H3. The number of rotatable bonds is 8. The van der Waals surface area contributed by atoms with Crippen molar-refractivity contribution in [1.29, 1.82) is 0 Å². The van der Waals surface area contributed by atoms with E-state index in [1.54, 1.807) is 0 Å². The van der Waals surface area contributed by atoms with Gasteiger partial charge in [-0.3, -0.25) is 0 Å². The number of hydrogen-bond donors (Lipinski definition) is 1. The number of ether oxygens (including phenoxy) is 1. The predicted octanol–water partition coefficient (Wildman–Crippen LogP) is 4.52. The fourth-order valence-electron chi connectivity index (χ4n) is 1.79. The first kappa shape index (κ1) is 15.5. The van der Waals surface area contributed by atoms with Crippen molar-refractivity contribution in [3.8, 4) is 5.75 Å².